The van der Waals surface area contributed by atoms with Crippen molar-refractivity contribution in [1.29, 1.82) is 0 Å². The first-order chi connectivity index (χ1) is 7.72. The van der Waals surface area contributed by atoms with Gasteiger partial charge < -0.3 is 4.57 Å². The van der Waals surface area contributed by atoms with Crippen LogP contribution in [0.4, 0.5) is 0 Å². The normalized spacial score (nSPS) is 10.1. The Balaban J connectivity index is 2.60. The summed E-state index contributed by atoms with van der Waals surface area (Å²) < 4.78 is 2.27. The molecule has 0 unspecified atom stereocenters. The Hall–Kier alpha value is -1.45. The Morgan fingerprint density at radius 3 is 2.50 bits per heavy atom. The fourth-order valence-electron chi connectivity index (χ4n) is 1.41. The van der Waals surface area contributed by atoms with Gasteiger partial charge in [-0.3, -0.25) is 4.79 Å². The molecule has 0 saturated carbocycles. The van der Waals surface area contributed by atoms with Gasteiger partial charge in [-0.05, 0) is 36.4 Å². The van der Waals surface area contributed by atoms with Crippen molar-refractivity contribution in [2.24, 2.45) is 0 Å². The molecule has 1 aromatic heterocycles. The number of aldehydes is 1. The summed E-state index contributed by atoms with van der Waals surface area (Å²) in [6.45, 7) is 0. The van der Waals surface area contributed by atoms with Gasteiger partial charge in [-0.2, -0.15) is 0 Å². The third-order valence-corrected chi connectivity index (χ3v) is 2.89. The van der Waals surface area contributed by atoms with Gasteiger partial charge >= 0.3 is 0 Å². The van der Waals surface area contributed by atoms with Crippen LogP contribution >= 0.6 is 23.8 Å². The summed E-state index contributed by atoms with van der Waals surface area (Å²) in [5, 5.41) is 0.668. The number of pyridine rings is 1. The van der Waals surface area contributed by atoms with Crippen LogP contribution in [-0.4, -0.2) is 10.9 Å². The molecule has 80 valence electrons. The molecule has 0 spiro atoms. The molecule has 1 aromatic carbocycles. The number of carbonyl (C=O) groups is 1. The fourth-order valence-corrected chi connectivity index (χ4v) is 1.81. The van der Waals surface area contributed by atoms with Gasteiger partial charge in [0.2, 0.25) is 0 Å². The highest BCUT2D eigenvalue weighted by Gasteiger charge is 2.00. The highest BCUT2D eigenvalue weighted by molar-refractivity contribution is 7.71. The van der Waals surface area contributed by atoms with E-state index in [1.807, 2.05) is 18.3 Å². The van der Waals surface area contributed by atoms with E-state index < -0.39 is 0 Å². The Morgan fingerprint density at radius 2 is 1.88 bits per heavy atom. The van der Waals surface area contributed by atoms with E-state index in [0.717, 1.165) is 12.0 Å². The number of carbonyl (C=O) groups excluding carboxylic acids is 1. The summed E-state index contributed by atoms with van der Waals surface area (Å²) >= 11 is 11.0. The first kappa shape index (κ1) is 11.0. The molecule has 0 bridgehead atoms. The third kappa shape index (κ3) is 2.05. The van der Waals surface area contributed by atoms with Crippen LogP contribution < -0.4 is 0 Å². The topological polar surface area (TPSA) is 22.0 Å². The molecule has 0 saturated heterocycles. The molecule has 1 heterocycles. The summed E-state index contributed by atoms with van der Waals surface area (Å²) in [5.74, 6) is 0. The van der Waals surface area contributed by atoms with Crippen LogP contribution in [0.5, 0.6) is 0 Å². The smallest absolute Gasteiger partial charge is 0.153 e. The lowest BCUT2D eigenvalue weighted by atomic mass is 10.2. The van der Waals surface area contributed by atoms with E-state index >= 15 is 0 Å². The van der Waals surface area contributed by atoms with Gasteiger partial charge in [-0.15, -0.1) is 0 Å². The molecular weight excluding hydrogens is 242 g/mol. The second-order valence-corrected chi connectivity index (χ2v) is 4.06. The number of rotatable bonds is 2. The highest BCUT2D eigenvalue weighted by atomic mass is 35.5. The average Bonchev–Trinajstić information content (AvgIpc) is 2.31. The Morgan fingerprint density at radius 1 is 1.19 bits per heavy atom. The van der Waals surface area contributed by atoms with Crippen molar-refractivity contribution >= 4 is 30.1 Å². The standard InChI is InChI=1S/C12H8ClNOS/c13-10-3-5-11(6-4-10)14-7-1-2-9(8-15)12(14)16/h1-8H. The number of hydrogen-bond acceptors (Lipinski definition) is 2. The minimum Gasteiger partial charge on any atom is -0.307 e. The molecule has 0 aliphatic carbocycles. The SMILES string of the molecule is O=Cc1cccn(-c2ccc(Cl)cc2)c1=S. The maximum atomic E-state index is 10.8. The average molecular weight is 250 g/mol. The summed E-state index contributed by atoms with van der Waals surface area (Å²) in [4.78, 5) is 10.8. The van der Waals surface area contributed by atoms with Gasteiger partial charge in [0, 0.05) is 22.5 Å². The van der Waals surface area contributed by atoms with E-state index in [9.17, 15) is 4.79 Å². The molecule has 4 heteroatoms. The minimum absolute atomic E-state index is 0.500. The Bertz CT molecular complexity index is 574. The zero-order valence-corrected chi connectivity index (χ0v) is 9.83. The molecule has 16 heavy (non-hydrogen) atoms. The number of halogens is 1. The molecule has 0 fully saturated rings. The molecule has 0 atom stereocenters. The molecule has 0 N–H and O–H groups in total. The predicted molar refractivity (Wildman–Crippen MR) is 67.0 cm³/mol. The number of benzene rings is 1. The molecule has 0 radical (unpaired) electrons. The summed E-state index contributed by atoms with van der Waals surface area (Å²) in [6, 6.07) is 10.8. The van der Waals surface area contributed by atoms with Gasteiger partial charge in [0.1, 0.15) is 4.64 Å². The Kier molecular flexibility index (Phi) is 3.17. The summed E-state index contributed by atoms with van der Waals surface area (Å²) in [5.41, 5.74) is 1.39. The van der Waals surface area contributed by atoms with Crippen molar-refractivity contribution < 1.29 is 4.79 Å². The number of nitrogens with zero attached hydrogens (tertiary/aromatic N) is 1. The van der Waals surface area contributed by atoms with Gasteiger partial charge in [-0.25, -0.2) is 0 Å². The summed E-state index contributed by atoms with van der Waals surface area (Å²) in [7, 11) is 0. The zero-order chi connectivity index (χ0) is 11.5. The maximum Gasteiger partial charge on any atom is 0.153 e. The van der Waals surface area contributed by atoms with Crippen molar-refractivity contribution in [1.82, 2.24) is 4.57 Å². The van der Waals surface area contributed by atoms with Gasteiger partial charge in [0.05, 0.1) is 0 Å². The largest absolute Gasteiger partial charge is 0.307 e. The maximum absolute atomic E-state index is 10.8. The van der Waals surface area contributed by atoms with Gasteiger partial charge in [-0.1, -0.05) is 23.8 Å². The molecule has 0 aliphatic heterocycles. The first-order valence-electron chi connectivity index (χ1n) is 4.65. The minimum atomic E-state index is 0.500. The summed E-state index contributed by atoms with van der Waals surface area (Å²) in [6.07, 6.45) is 2.58. The molecule has 2 aromatic rings. The molecular formula is C12H8ClNOS. The first-order valence-corrected chi connectivity index (χ1v) is 5.44. The highest BCUT2D eigenvalue weighted by Crippen LogP contribution is 2.14. The lowest BCUT2D eigenvalue weighted by molar-refractivity contribution is 0.112. The fraction of sp³-hybridized carbons (Fsp3) is 0. The van der Waals surface area contributed by atoms with Crippen molar-refractivity contribution in [3.05, 3.63) is 57.8 Å². The molecule has 0 aliphatic rings. The van der Waals surface area contributed by atoms with Crippen LogP contribution in [0.1, 0.15) is 10.4 Å². The van der Waals surface area contributed by atoms with Crippen LogP contribution in [0.15, 0.2) is 42.6 Å². The van der Waals surface area contributed by atoms with Crippen LogP contribution in [0, 0.1) is 4.64 Å². The van der Waals surface area contributed by atoms with Crippen molar-refractivity contribution in [2.45, 2.75) is 0 Å². The van der Waals surface area contributed by atoms with E-state index in [-0.39, 0.29) is 0 Å². The van der Waals surface area contributed by atoms with E-state index in [1.165, 1.54) is 0 Å². The van der Waals surface area contributed by atoms with Crippen LogP contribution in [0.3, 0.4) is 0 Å². The van der Waals surface area contributed by atoms with E-state index in [2.05, 4.69) is 0 Å². The van der Waals surface area contributed by atoms with Crippen LogP contribution in [0.25, 0.3) is 5.69 Å². The second-order valence-electron chi connectivity index (χ2n) is 3.23. The monoisotopic (exact) mass is 249 g/mol. The third-order valence-electron chi connectivity index (χ3n) is 2.21. The van der Waals surface area contributed by atoms with Crippen LogP contribution in [0.2, 0.25) is 5.02 Å². The molecule has 2 rings (SSSR count). The molecule has 2 nitrogen and oxygen atoms in total. The lowest BCUT2D eigenvalue weighted by Gasteiger charge is -2.07. The Labute approximate surface area is 103 Å². The van der Waals surface area contributed by atoms with Gasteiger partial charge in [0.15, 0.2) is 6.29 Å². The van der Waals surface area contributed by atoms with Gasteiger partial charge in [0.25, 0.3) is 0 Å². The predicted octanol–water partition coefficient (Wildman–Crippen LogP) is 3.67. The lowest BCUT2D eigenvalue weighted by Crippen LogP contribution is -1.98. The van der Waals surface area contributed by atoms with E-state index in [0.29, 0.717) is 15.2 Å². The zero-order valence-electron chi connectivity index (χ0n) is 8.26. The molecule has 0 amide bonds. The van der Waals surface area contributed by atoms with Crippen molar-refractivity contribution in [3.63, 3.8) is 0 Å². The van der Waals surface area contributed by atoms with Crippen molar-refractivity contribution in [3.8, 4) is 5.69 Å². The quantitative estimate of drug-likeness (QED) is 0.598. The number of aromatic nitrogens is 1. The van der Waals surface area contributed by atoms with Crippen LogP contribution in [-0.2, 0) is 0 Å². The van der Waals surface area contributed by atoms with Crippen molar-refractivity contribution in [2.75, 3.05) is 0 Å². The van der Waals surface area contributed by atoms with E-state index in [1.54, 1.807) is 28.8 Å². The van der Waals surface area contributed by atoms with E-state index in [4.69, 9.17) is 23.8 Å². The number of hydrogen-bond donors (Lipinski definition) is 0. The second kappa shape index (κ2) is 4.60.